The van der Waals surface area contributed by atoms with Gasteiger partial charge in [0.25, 0.3) is 0 Å². The largest absolute Gasteiger partial charge is 0.481 e. The minimum Gasteiger partial charge on any atom is -0.481 e. The van der Waals surface area contributed by atoms with Crippen molar-refractivity contribution in [1.82, 2.24) is 4.98 Å². The van der Waals surface area contributed by atoms with E-state index in [0.717, 1.165) is 65.6 Å². The van der Waals surface area contributed by atoms with Gasteiger partial charge in [-0.15, -0.1) is 4.91 Å². The van der Waals surface area contributed by atoms with E-state index in [4.69, 9.17) is 21.7 Å². The van der Waals surface area contributed by atoms with Crippen LogP contribution in [0.3, 0.4) is 0 Å². The van der Waals surface area contributed by atoms with Crippen molar-refractivity contribution in [1.29, 1.82) is 0 Å². The second-order valence-electron chi connectivity index (χ2n) is 11.5. The Kier molecular flexibility index (Phi) is 10.6. The fraction of sp³-hybridized carbons (Fsp3) is 0.314. The van der Waals surface area contributed by atoms with Crippen LogP contribution in [0.5, 0.6) is 0 Å². The highest BCUT2D eigenvalue weighted by Crippen LogP contribution is 2.49. The number of pyridine rings is 1. The number of hydrogen-bond acceptors (Lipinski definition) is 5. The smallest absolute Gasteiger partial charge is 0.303 e. The van der Waals surface area contributed by atoms with Crippen LogP contribution in [0.15, 0.2) is 84.0 Å². The standard InChI is InChI=1S/C29H27ClN2O.C6H10O2S/c1-29(2,32-33)27-12-4-3-10-23(27)11-6-9-21-7-5-8-22(19-21)13-17-26-18-15-24-14-16-25(30)20-28(24)31-26;7-5(8)3-6(4-9)1-2-6/h3-5,7-8,10,12-20H,6,9,11H2,1-2H3;9H,1-4H2,(H,7,8)/b17-13+;. The number of nitroso groups, excluding NO2 is 1. The summed E-state index contributed by atoms with van der Waals surface area (Å²) in [5.74, 6) is 0.0285. The molecule has 0 radical (unpaired) electrons. The van der Waals surface area contributed by atoms with Gasteiger partial charge in [0.2, 0.25) is 0 Å². The molecule has 218 valence electrons. The number of benzene rings is 3. The van der Waals surface area contributed by atoms with Crippen molar-refractivity contribution in [3.05, 3.63) is 117 Å². The first-order valence-electron chi connectivity index (χ1n) is 14.2. The Balaban J connectivity index is 0.000000385. The summed E-state index contributed by atoms with van der Waals surface area (Å²) in [7, 11) is 0. The van der Waals surface area contributed by atoms with Gasteiger partial charge in [0, 0.05) is 10.4 Å². The zero-order valence-corrected chi connectivity index (χ0v) is 25.7. The zero-order valence-electron chi connectivity index (χ0n) is 24.1. The number of rotatable bonds is 11. The van der Waals surface area contributed by atoms with E-state index in [-0.39, 0.29) is 5.41 Å². The number of carboxylic acids is 1. The lowest BCUT2D eigenvalue weighted by Crippen LogP contribution is -2.15. The average Bonchev–Trinajstić information content (AvgIpc) is 3.75. The normalized spacial score (nSPS) is 13.9. The first kappa shape index (κ1) is 31.5. The number of nitrogens with zero attached hydrogens (tertiary/aromatic N) is 2. The molecule has 0 spiro atoms. The molecule has 1 aromatic heterocycles. The zero-order chi connectivity index (χ0) is 30.2. The molecule has 1 N–H and O–H groups in total. The molecule has 1 aliphatic carbocycles. The molecule has 1 aliphatic rings. The van der Waals surface area contributed by atoms with E-state index < -0.39 is 11.5 Å². The van der Waals surface area contributed by atoms with E-state index in [1.165, 1.54) is 11.1 Å². The van der Waals surface area contributed by atoms with Gasteiger partial charge in [0.15, 0.2) is 0 Å². The maximum Gasteiger partial charge on any atom is 0.303 e. The predicted octanol–water partition coefficient (Wildman–Crippen LogP) is 9.41. The fourth-order valence-electron chi connectivity index (χ4n) is 4.99. The van der Waals surface area contributed by atoms with Crippen LogP contribution in [0.2, 0.25) is 5.02 Å². The summed E-state index contributed by atoms with van der Waals surface area (Å²) in [6, 6.07) is 26.5. The lowest BCUT2D eigenvalue weighted by Gasteiger charge is -2.20. The van der Waals surface area contributed by atoms with Crippen LogP contribution in [-0.2, 0) is 23.2 Å². The molecule has 42 heavy (non-hydrogen) atoms. The molecule has 0 aliphatic heterocycles. The van der Waals surface area contributed by atoms with Crippen LogP contribution in [0, 0.1) is 10.3 Å². The molecule has 0 bridgehead atoms. The van der Waals surface area contributed by atoms with Crippen molar-refractivity contribution >= 4 is 53.3 Å². The number of aliphatic carboxylic acids is 1. The van der Waals surface area contributed by atoms with Gasteiger partial charge < -0.3 is 5.11 Å². The number of aryl methyl sites for hydroxylation is 2. The molecule has 0 unspecified atom stereocenters. The fourth-order valence-corrected chi connectivity index (χ4v) is 5.58. The Labute approximate surface area is 258 Å². The van der Waals surface area contributed by atoms with Crippen molar-refractivity contribution in [3.63, 3.8) is 0 Å². The molecular formula is C35H37ClN2O3S. The monoisotopic (exact) mass is 600 g/mol. The highest BCUT2D eigenvalue weighted by atomic mass is 35.5. The summed E-state index contributed by atoms with van der Waals surface area (Å²) < 4.78 is 0. The molecule has 1 fully saturated rings. The van der Waals surface area contributed by atoms with Crippen LogP contribution >= 0.6 is 24.2 Å². The number of fused-ring (bicyclic) bond motifs is 1. The second kappa shape index (κ2) is 14.1. The third-order valence-corrected chi connectivity index (χ3v) is 8.61. The van der Waals surface area contributed by atoms with Crippen molar-refractivity contribution in [2.45, 2.75) is 57.9 Å². The Hall–Kier alpha value is -3.48. The van der Waals surface area contributed by atoms with Gasteiger partial charge in [-0.1, -0.05) is 83.5 Å². The molecule has 1 saturated carbocycles. The Bertz CT molecular complexity index is 1580. The van der Waals surface area contributed by atoms with E-state index in [1.807, 2.05) is 62.4 Å². The Morgan fingerprint density at radius 3 is 2.48 bits per heavy atom. The van der Waals surface area contributed by atoms with Crippen LogP contribution in [0.25, 0.3) is 23.1 Å². The van der Waals surface area contributed by atoms with Crippen molar-refractivity contribution < 1.29 is 9.90 Å². The summed E-state index contributed by atoms with van der Waals surface area (Å²) in [5.41, 5.74) is 5.82. The van der Waals surface area contributed by atoms with Gasteiger partial charge in [-0.3, -0.25) is 4.79 Å². The molecular weight excluding hydrogens is 564 g/mol. The van der Waals surface area contributed by atoms with Crippen LogP contribution in [-0.4, -0.2) is 21.8 Å². The first-order valence-corrected chi connectivity index (χ1v) is 15.2. The maximum absolute atomic E-state index is 11.3. The van der Waals surface area contributed by atoms with Gasteiger partial charge >= 0.3 is 5.97 Å². The van der Waals surface area contributed by atoms with Gasteiger partial charge in [-0.05, 0) is 104 Å². The minimum absolute atomic E-state index is 0.0783. The molecule has 5 rings (SSSR count). The third kappa shape index (κ3) is 8.76. The van der Waals surface area contributed by atoms with Crippen LogP contribution in [0.4, 0.5) is 0 Å². The van der Waals surface area contributed by atoms with Gasteiger partial charge in [0.05, 0.1) is 17.6 Å². The van der Waals surface area contributed by atoms with Gasteiger partial charge in [-0.2, -0.15) is 12.6 Å². The first-order chi connectivity index (χ1) is 20.1. The second-order valence-corrected chi connectivity index (χ2v) is 12.3. The quantitative estimate of drug-likeness (QED) is 0.133. The molecule has 1 heterocycles. The van der Waals surface area contributed by atoms with Gasteiger partial charge in [0.1, 0.15) is 5.54 Å². The third-order valence-electron chi connectivity index (χ3n) is 7.71. The van der Waals surface area contributed by atoms with E-state index in [9.17, 15) is 9.70 Å². The number of carboxylic acid groups (broad SMARTS) is 1. The van der Waals surface area contributed by atoms with Gasteiger partial charge in [-0.25, -0.2) is 4.98 Å². The minimum atomic E-state index is -0.705. The highest BCUT2D eigenvalue weighted by Gasteiger charge is 2.42. The number of carbonyl (C=O) groups is 1. The van der Waals surface area contributed by atoms with Crippen molar-refractivity contribution in [2.24, 2.45) is 10.6 Å². The molecule has 0 saturated heterocycles. The predicted molar refractivity (Wildman–Crippen MR) is 177 cm³/mol. The molecule has 0 atom stereocenters. The summed E-state index contributed by atoms with van der Waals surface area (Å²) >= 11 is 10.2. The Morgan fingerprint density at radius 1 is 1.02 bits per heavy atom. The number of aromatic nitrogens is 1. The van der Waals surface area contributed by atoms with E-state index >= 15 is 0 Å². The lowest BCUT2D eigenvalue weighted by atomic mass is 9.88. The number of hydrogen-bond donors (Lipinski definition) is 2. The van der Waals surface area contributed by atoms with E-state index in [0.29, 0.717) is 11.4 Å². The number of thiol groups is 1. The molecule has 5 nitrogen and oxygen atoms in total. The van der Waals surface area contributed by atoms with Crippen LogP contribution in [0.1, 0.15) is 67.5 Å². The van der Waals surface area contributed by atoms with Crippen molar-refractivity contribution in [2.75, 3.05) is 5.75 Å². The van der Waals surface area contributed by atoms with Crippen LogP contribution < -0.4 is 0 Å². The summed E-state index contributed by atoms with van der Waals surface area (Å²) in [5, 5.41) is 13.5. The van der Waals surface area contributed by atoms with Crippen molar-refractivity contribution in [3.8, 4) is 0 Å². The molecule has 4 aromatic rings. The summed E-state index contributed by atoms with van der Waals surface area (Å²) in [6.45, 7) is 3.74. The summed E-state index contributed by atoms with van der Waals surface area (Å²) in [6.07, 6.45) is 9.41. The highest BCUT2D eigenvalue weighted by molar-refractivity contribution is 7.80. The maximum atomic E-state index is 11.3. The van der Waals surface area contributed by atoms with E-state index in [2.05, 4.69) is 60.3 Å². The molecule has 3 aromatic carbocycles. The Morgan fingerprint density at radius 2 is 1.79 bits per heavy atom. The molecule has 0 amide bonds. The lowest BCUT2D eigenvalue weighted by molar-refractivity contribution is -0.138. The topological polar surface area (TPSA) is 79.6 Å². The SMILES string of the molecule is CC(C)(N=O)c1ccccc1CCCc1cccc(/C=C/c2ccc3ccc(Cl)cc3n2)c1.O=C(O)CC1(CS)CC1. The molecule has 7 heteroatoms. The van der Waals surface area contributed by atoms with E-state index in [1.54, 1.807) is 0 Å². The number of halogens is 1. The summed E-state index contributed by atoms with van der Waals surface area (Å²) in [4.78, 5) is 26.2. The average molecular weight is 601 g/mol.